The van der Waals surface area contributed by atoms with Crippen LogP contribution in [0, 0.1) is 6.92 Å². The Kier molecular flexibility index (Phi) is 4.71. The first kappa shape index (κ1) is 14.2. The van der Waals surface area contributed by atoms with Crippen LogP contribution < -0.4 is 5.32 Å². The summed E-state index contributed by atoms with van der Waals surface area (Å²) in [5.41, 5.74) is 3.60. The summed E-state index contributed by atoms with van der Waals surface area (Å²) in [6, 6.07) is 6.50. The molecule has 1 atom stereocenters. The lowest BCUT2D eigenvalue weighted by atomic mass is 9.99. The Hall–Kier alpha value is -1.20. The molecular weight excluding hydrogens is 304 g/mol. The number of aryl methyl sites for hydroxylation is 2. The van der Waals surface area contributed by atoms with Gasteiger partial charge in [-0.05, 0) is 43.1 Å². The van der Waals surface area contributed by atoms with E-state index in [0.29, 0.717) is 0 Å². The number of nitrogens with one attached hydrogen (secondary N) is 1. The number of nitrogens with zero attached hydrogens (tertiary/aromatic N) is 3. The Bertz CT molecular complexity index is 550. The molecule has 0 spiro atoms. The highest BCUT2D eigenvalue weighted by Gasteiger charge is 2.19. The molecule has 4 nitrogen and oxygen atoms in total. The lowest BCUT2D eigenvalue weighted by Crippen LogP contribution is -2.26. The molecule has 102 valence electrons. The first-order valence-electron chi connectivity index (χ1n) is 6.47. The summed E-state index contributed by atoms with van der Waals surface area (Å²) in [5.74, 6) is 0. The molecule has 0 saturated carbocycles. The number of rotatable bonds is 5. The molecule has 2 rings (SSSR count). The summed E-state index contributed by atoms with van der Waals surface area (Å²) in [7, 11) is 1.93. The molecule has 0 saturated heterocycles. The first-order valence-corrected chi connectivity index (χ1v) is 7.26. The van der Waals surface area contributed by atoms with E-state index in [9.17, 15) is 0 Å². The second-order valence-corrected chi connectivity index (χ2v) is 5.59. The minimum absolute atomic E-state index is 0.132. The van der Waals surface area contributed by atoms with Crippen LogP contribution in [-0.2, 0) is 7.05 Å². The van der Waals surface area contributed by atoms with Gasteiger partial charge in [-0.1, -0.05) is 34.1 Å². The first-order chi connectivity index (χ1) is 9.13. The Morgan fingerprint density at radius 2 is 2.21 bits per heavy atom. The number of hydrogen-bond acceptors (Lipinski definition) is 3. The summed E-state index contributed by atoms with van der Waals surface area (Å²) >= 11 is 3.51. The maximum absolute atomic E-state index is 4.04. The van der Waals surface area contributed by atoms with Crippen LogP contribution in [0.5, 0.6) is 0 Å². The van der Waals surface area contributed by atoms with Crippen molar-refractivity contribution in [2.24, 2.45) is 7.05 Å². The smallest absolute Gasteiger partial charge is 0.0798 e. The van der Waals surface area contributed by atoms with Gasteiger partial charge in [0.25, 0.3) is 0 Å². The minimum atomic E-state index is 0.132. The lowest BCUT2D eigenvalue weighted by molar-refractivity contribution is 0.549. The third-order valence-electron chi connectivity index (χ3n) is 3.19. The number of aromatic nitrogens is 3. The van der Waals surface area contributed by atoms with Crippen LogP contribution in [-0.4, -0.2) is 21.5 Å². The third kappa shape index (κ3) is 3.22. The zero-order valence-electron chi connectivity index (χ0n) is 11.5. The van der Waals surface area contributed by atoms with Crippen LogP contribution in [0.3, 0.4) is 0 Å². The maximum Gasteiger partial charge on any atom is 0.0798 e. The zero-order chi connectivity index (χ0) is 13.8. The van der Waals surface area contributed by atoms with Crippen LogP contribution in [0.25, 0.3) is 0 Å². The van der Waals surface area contributed by atoms with Crippen molar-refractivity contribution in [3.05, 3.63) is 45.7 Å². The van der Waals surface area contributed by atoms with E-state index in [1.807, 2.05) is 17.9 Å². The molecule has 0 radical (unpaired) electrons. The molecule has 1 unspecified atom stereocenters. The molecule has 2 aromatic rings. The zero-order valence-corrected chi connectivity index (χ0v) is 13.1. The molecule has 0 aliphatic rings. The lowest BCUT2D eigenvalue weighted by Gasteiger charge is -2.20. The highest BCUT2D eigenvalue weighted by Crippen LogP contribution is 2.26. The average Bonchev–Trinajstić information content (AvgIpc) is 2.78. The van der Waals surface area contributed by atoms with Crippen LogP contribution in [0.4, 0.5) is 0 Å². The fourth-order valence-corrected chi connectivity index (χ4v) is 2.66. The predicted octanol–water partition coefficient (Wildman–Crippen LogP) is 2.98. The van der Waals surface area contributed by atoms with Gasteiger partial charge in [0.2, 0.25) is 0 Å². The van der Waals surface area contributed by atoms with Crippen molar-refractivity contribution in [3.8, 4) is 0 Å². The van der Waals surface area contributed by atoms with Crippen molar-refractivity contribution in [2.45, 2.75) is 26.3 Å². The van der Waals surface area contributed by atoms with Crippen molar-refractivity contribution >= 4 is 15.9 Å². The Labute approximate surface area is 122 Å². The summed E-state index contributed by atoms with van der Waals surface area (Å²) in [5, 5.41) is 11.6. The number of halogens is 1. The molecule has 1 N–H and O–H groups in total. The van der Waals surface area contributed by atoms with Crippen molar-refractivity contribution < 1.29 is 0 Å². The Morgan fingerprint density at radius 1 is 1.42 bits per heavy atom. The van der Waals surface area contributed by atoms with E-state index in [-0.39, 0.29) is 6.04 Å². The SMILES string of the molecule is CCCNC(c1ccc(Br)cc1C)c1cnnn1C. The molecule has 1 heterocycles. The van der Waals surface area contributed by atoms with Crippen LogP contribution in [0.2, 0.25) is 0 Å². The van der Waals surface area contributed by atoms with Crippen molar-refractivity contribution in [3.63, 3.8) is 0 Å². The van der Waals surface area contributed by atoms with Crippen molar-refractivity contribution in [1.29, 1.82) is 0 Å². The van der Waals surface area contributed by atoms with Gasteiger partial charge in [0.15, 0.2) is 0 Å². The third-order valence-corrected chi connectivity index (χ3v) is 3.68. The predicted molar refractivity (Wildman–Crippen MR) is 80.0 cm³/mol. The van der Waals surface area contributed by atoms with Crippen molar-refractivity contribution in [2.75, 3.05) is 6.54 Å². The normalized spacial score (nSPS) is 12.6. The second-order valence-electron chi connectivity index (χ2n) is 4.67. The average molecular weight is 323 g/mol. The van der Waals surface area contributed by atoms with Gasteiger partial charge in [-0.25, -0.2) is 0 Å². The molecule has 0 aliphatic heterocycles. The molecule has 19 heavy (non-hydrogen) atoms. The molecular formula is C14H19BrN4. The van der Waals surface area contributed by atoms with Gasteiger partial charge in [-0.3, -0.25) is 4.68 Å². The van der Waals surface area contributed by atoms with Crippen LogP contribution >= 0.6 is 15.9 Å². The van der Waals surface area contributed by atoms with Gasteiger partial charge in [-0.15, -0.1) is 5.10 Å². The van der Waals surface area contributed by atoms with E-state index < -0.39 is 0 Å². The van der Waals surface area contributed by atoms with Crippen molar-refractivity contribution in [1.82, 2.24) is 20.3 Å². The molecule has 0 amide bonds. The van der Waals surface area contributed by atoms with E-state index >= 15 is 0 Å². The minimum Gasteiger partial charge on any atom is -0.305 e. The van der Waals surface area contributed by atoms with Gasteiger partial charge >= 0.3 is 0 Å². The topological polar surface area (TPSA) is 42.7 Å². The van der Waals surface area contributed by atoms with E-state index in [1.54, 1.807) is 0 Å². The number of hydrogen-bond donors (Lipinski definition) is 1. The molecule has 5 heteroatoms. The molecule has 1 aromatic heterocycles. The quantitative estimate of drug-likeness (QED) is 0.920. The van der Waals surface area contributed by atoms with Crippen LogP contribution in [0.15, 0.2) is 28.9 Å². The second kappa shape index (κ2) is 6.30. The largest absolute Gasteiger partial charge is 0.305 e. The van der Waals surface area contributed by atoms with Gasteiger partial charge in [-0.2, -0.15) is 0 Å². The van der Waals surface area contributed by atoms with Crippen LogP contribution in [0.1, 0.15) is 36.2 Å². The fraction of sp³-hybridized carbons (Fsp3) is 0.429. The van der Waals surface area contributed by atoms with E-state index in [4.69, 9.17) is 0 Å². The molecule has 1 aromatic carbocycles. The highest BCUT2D eigenvalue weighted by molar-refractivity contribution is 9.10. The van der Waals surface area contributed by atoms with E-state index in [0.717, 1.165) is 23.1 Å². The van der Waals surface area contributed by atoms with Gasteiger partial charge < -0.3 is 5.32 Å². The summed E-state index contributed by atoms with van der Waals surface area (Å²) in [6.45, 7) is 5.26. The van der Waals surface area contributed by atoms with E-state index in [2.05, 4.69) is 63.6 Å². The fourth-order valence-electron chi connectivity index (χ4n) is 2.18. The number of benzene rings is 1. The Morgan fingerprint density at radius 3 is 2.79 bits per heavy atom. The maximum atomic E-state index is 4.04. The van der Waals surface area contributed by atoms with E-state index in [1.165, 1.54) is 11.1 Å². The molecule has 0 fully saturated rings. The summed E-state index contributed by atoms with van der Waals surface area (Å²) < 4.78 is 2.93. The summed E-state index contributed by atoms with van der Waals surface area (Å²) in [4.78, 5) is 0. The van der Waals surface area contributed by atoms with Gasteiger partial charge in [0, 0.05) is 11.5 Å². The van der Waals surface area contributed by atoms with Gasteiger partial charge in [0.1, 0.15) is 0 Å². The standard InChI is InChI=1S/C14H19BrN4/c1-4-7-16-14(13-9-17-18-19(13)3)12-6-5-11(15)8-10(12)2/h5-6,8-9,14,16H,4,7H2,1-3H3. The monoisotopic (exact) mass is 322 g/mol. The van der Waals surface area contributed by atoms with Gasteiger partial charge in [0.05, 0.1) is 17.9 Å². The molecule has 0 aliphatic carbocycles. The summed E-state index contributed by atoms with van der Waals surface area (Å²) in [6.07, 6.45) is 2.92. The molecule has 0 bridgehead atoms. The highest BCUT2D eigenvalue weighted by atomic mass is 79.9. The Balaban J connectivity index is 2.40.